The third-order valence-electron chi connectivity index (χ3n) is 2.65. The highest BCUT2D eigenvalue weighted by atomic mass is 28.3. The molecule has 2 heteroatoms. The molecule has 0 bridgehead atoms. The van der Waals surface area contributed by atoms with Crippen LogP contribution < -0.4 is 0 Å². The number of hydrogen-bond donors (Lipinski definition) is 0. The van der Waals surface area contributed by atoms with Crippen LogP contribution in [0.5, 0.6) is 0 Å². The van der Waals surface area contributed by atoms with Crippen LogP contribution in [0.25, 0.3) is 0 Å². The molecule has 1 aromatic rings. The summed E-state index contributed by atoms with van der Waals surface area (Å²) in [6.45, 7) is 10.9. The normalized spacial score (nSPS) is 13.5. The maximum absolute atomic E-state index is 12.9. The highest BCUT2D eigenvalue weighted by molar-refractivity contribution is 6.76. The summed E-state index contributed by atoms with van der Waals surface area (Å²) in [4.78, 5) is 0. The standard InChI is InChI=1S/C14H21FSi/c1-5-6-13(11-16(2,3)4)12-7-9-14(15)10-8-12/h5,7-10,13H,1,6,11H2,2-4H3. The van der Waals surface area contributed by atoms with E-state index in [2.05, 4.69) is 26.2 Å². The lowest BCUT2D eigenvalue weighted by Crippen LogP contribution is -2.22. The first-order valence-corrected chi connectivity index (χ1v) is 9.49. The van der Waals surface area contributed by atoms with Crippen LogP contribution in [-0.2, 0) is 0 Å². The second kappa shape index (κ2) is 5.44. The van der Waals surface area contributed by atoms with Crippen LogP contribution in [0, 0.1) is 5.82 Å². The van der Waals surface area contributed by atoms with Gasteiger partial charge >= 0.3 is 0 Å². The van der Waals surface area contributed by atoms with Crippen molar-refractivity contribution in [3.05, 3.63) is 48.3 Å². The van der Waals surface area contributed by atoms with Gasteiger partial charge in [-0.15, -0.1) is 6.58 Å². The van der Waals surface area contributed by atoms with Crippen LogP contribution in [0.3, 0.4) is 0 Å². The van der Waals surface area contributed by atoms with E-state index < -0.39 is 8.07 Å². The second-order valence-electron chi connectivity index (χ2n) is 5.54. The van der Waals surface area contributed by atoms with E-state index in [1.807, 2.05) is 18.2 Å². The number of hydrogen-bond acceptors (Lipinski definition) is 0. The minimum atomic E-state index is -1.10. The van der Waals surface area contributed by atoms with Gasteiger partial charge in [-0.05, 0) is 30.0 Å². The van der Waals surface area contributed by atoms with Crippen molar-refractivity contribution in [1.29, 1.82) is 0 Å². The zero-order chi connectivity index (χ0) is 12.2. The Morgan fingerprint density at radius 1 is 1.25 bits per heavy atom. The maximum Gasteiger partial charge on any atom is 0.123 e. The quantitative estimate of drug-likeness (QED) is 0.508. The average Bonchev–Trinajstić information content (AvgIpc) is 2.16. The van der Waals surface area contributed by atoms with Crippen molar-refractivity contribution < 1.29 is 4.39 Å². The Morgan fingerprint density at radius 3 is 2.25 bits per heavy atom. The number of allylic oxidation sites excluding steroid dienone is 1. The van der Waals surface area contributed by atoms with Crippen LogP contribution in [0.1, 0.15) is 17.9 Å². The average molecular weight is 236 g/mol. The van der Waals surface area contributed by atoms with Crippen molar-refractivity contribution in [1.82, 2.24) is 0 Å². The zero-order valence-electron chi connectivity index (χ0n) is 10.5. The topological polar surface area (TPSA) is 0 Å². The Hall–Kier alpha value is -0.893. The van der Waals surface area contributed by atoms with Crippen molar-refractivity contribution in [3.8, 4) is 0 Å². The predicted molar refractivity (Wildman–Crippen MR) is 72.1 cm³/mol. The fraction of sp³-hybridized carbons (Fsp3) is 0.429. The summed E-state index contributed by atoms with van der Waals surface area (Å²) < 4.78 is 12.9. The molecule has 0 nitrogen and oxygen atoms in total. The molecule has 1 atom stereocenters. The van der Waals surface area contributed by atoms with E-state index in [0.29, 0.717) is 5.92 Å². The summed E-state index contributed by atoms with van der Waals surface area (Å²) in [5.41, 5.74) is 1.24. The summed E-state index contributed by atoms with van der Waals surface area (Å²) in [6.07, 6.45) is 2.95. The lowest BCUT2D eigenvalue weighted by atomic mass is 9.98. The fourth-order valence-electron chi connectivity index (χ4n) is 2.01. The lowest BCUT2D eigenvalue weighted by Gasteiger charge is -2.24. The van der Waals surface area contributed by atoms with Crippen LogP contribution in [0.4, 0.5) is 4.39 Å². The SMILES string of the molecule is C=CCC(C[Si](C)(C)C)c1ccc(F)cc1. The minimum absolute atomic E-state index is 0.158. The van der Waals surface area contributed by atoms with Crippen LogP contribution in [0.2, 0.25) is 25.7 Å². The highest BCUT2D eigenvalue weighted by Gasteiger charge is 2.20. The molecule has 1 rings (SSSR count). The van der Waals surface area contributed by atoms with Crippen LogP contribution in [0.15, 0.2) is 36.9 Å². The summed E-state index contributed by atoms with van der Waals surface area (Å²) in [6, 6.07) is 8.14. The molecule has 88 valence electrons. The molecule has 0 aromatic heterocycles. The Morgan fingerprint density at radius 2 is 1.81 bits per heavy atom. The molecule has 0 N–H and O–H groups in total. The molecule has 0 aliphatic carbocycles. The van der Waals surface area contributed by atoms with E-state index in [-0.39, 0.29) is 5.82 Å². The van der Waals surface area contributed by atoms with Gasteiger partial charge in [0, 0.05) is 8.07 Å². The number of benzene rings is 1. The van der Waals surface area contributed by atoms with Crippen molar-refractivity contribution >= 4 is 8.07 Å². The molecule has 0 fully saturated rings. The summed E-state index contributed by atoms with van der Waals surface area (Å²) in [5, 5.41) is 0. The molecule has 1 unspecified atom stereocenters. The van der Waals surface area contributed by atoms with E-state index in [4.69, 9.17) is 0 Å². The highest BCUT2D eigenvalue weighted by Crippen LogP contribution is 2.29. The monoisotopic (exact) mass is 236 g/mol. The first-order chi connectivity index (χ1) is 7.42. The van der Waals surface area contributed by atoms with Crippen molar-refractivity contribution in [3.63, 3.8) is 0 Å². The minimum Gasteiger partial charge on any atom is -0.207 e. The van der Waals surface area contributed by atoms with Crippen LogP contribution >= 0.6 is 0 Å². The third kappa shape index (κ3) is 4.31. The van der Waals surface area contributed by atoms with Gasteiger partial charge in [0.25, 0.3) is 0 Å². The maximum atomic E-state index is 12.9. The smallest absolute Gasteiger partial charge is 0.123 e. The fourth-order valence-corrected chi connectivity index (χ4v) is 3.89. The van der Waals surface area contributed by atoms with Gasteiger partial charge in [0.05, 0.1) is 0 Å². The molecular formula is C14H21FSi. The van der Waals surface area contributed by atoms with Gasteiger partial charge in [-0.1, -0.05) is 43.9 Å². The molecule has 0 aliphatic heterocycles. The van der Waals surface area contributed by atoms with Gasteiger partial charge in [-0.3, -0.25) is 0 Å². The Bertz CT molecular complexity index is 335. The Kier molecular flexibility index (Phi) is 4.48. The molecule has 16 heavy (non-hydrogen) atoms. The van der Waals surface area contributed by atoms with E-state index in [9.17, 15) is 4.39 Å². The molecule has 0 heterocycles. The largest absolute Gasteiger partial charge is 0.207 e. The number of rotatable bonds is 5. The molecule has 0 saturated carbocycles. The van der Waals surface area contributed by atoms with Gasteiger partial charge in [-0.25, -0.2) is 4.39 Å². The van der Waals surface area contributed by atoms with Gasteiger partial charge in [0.2, 0.25) is 0 Å². The molecule has 0 amide bonds. The molecule has 0 radical (unpaired) electrons. The molecule has 0 spiro atoms. The molecule has 0 saturated heterocycles. The summed E-state index contributed by atoms with van der Waals surface area (Å²) in [5.74, 6) is 0.346. The Balaban J connectivity index is 2.84. The van der Waals surface area contributed by atoms with Gasteiger partial charge in [-0.2, -0.15) is 0 Å². The first-order valence-electron chi connectivity index (χ1n) is 5.79. The molecule has 0 aliphatic rings. The zero-order valence-corrected chi connectivity index (χ0v) is 11.5. The molecular weight excluding hydrogens is 215 g/mol. The van der Waals surface area contributed by atoms with Gasteiger partial charge < -0.3 is 0 Å². The summed E-state index contributed by atoms with van der Waals surface area (Å²) in [7, 11) is -1.10. The van der Waals surface area contributed by atoms with E-state index in [1.165, 1.54) is 11.6 Å². The number of halogens is 1. The predicted octanol–water partition coefficient (Wildman–Crippen LogP) is 4.82. The first kappa shape index (κ1) is 13.2. The van der Waals surface area contributed by atoms with E-state index in [1.54, 1.807) is 12.1 Å². The second-order valence-corrected chi connectivity index (χ2v) is 11.1. The summed E-state index contributed by atoms with van der Waals surface area (Å²) >= 11 is 0. The third-order valence-corrected chi connectivity index (χ3v) is 4.37. The van der Waals surface area contributed by atoms with Crippen molar-refractivity contribution in [2.24, 2.45) is 0 Å². The van der Waals surface area contributed by atoms with Crippen molar-refractivity contribution in [2.75, 3.05) is 0 Å². The van der Waals surface area contributed by atoms with Crippen LogP contribution in [-0.4, -0.2) is 8.07 Å². The van der Waals surface area contributed by atoms with E-state index >= 15 is 0 Å². The van der Waals surface area contributed by atoms with E-state index in [0.717, 1.165) is 6.42 Å². The lowest BCUT2D eigenvalue weighted by molar-refractivity contribution is 0.625. The molecule has 1 aromatic carbocycles. The van der Waals surface area contributed by atoms with Gasteiger partial charge in [0.15, 0.2) is 0 Å². The Labute approximate surface area is 99.2 Å². The van der Waals surface area contributed by atoms with Gasteiger partial charge in [0.1, 0.15) is 5.82 Å². The van der Waals surface area contributed by atoms with Crippen molar-refractivity contribution in [2.45, 2.75) is 38.0 Å².